The summed E-state index contributed by atoms with van der Waals surface area (Å²) in [5.74, 6) is 0.810. The standard InChI is InChI=1S/C23H36N6O2/c1-15-13-16(2)27-23(26-15)29-11-9-28(10-12-29)8-4-3-7-25-22(31)20-18-6-5-17(14-18)19(20)21(24)30/h13,17-20H,3-12,14H2,1-2H3,(H2,24,30)(H,25,31)/t17-,18+,19+,20-/m1/s1. The lowest BCUT2D eigenvalue weighted by atomic mass is 9.78. The summed E-state index contributed by atoms with van der Waals surface area (Å²) in [5, 5.41) is 3.08. The van der Waals surface area contributed by atoms with E-state index in [2.05, 4.69) is 25.1 Å². The molecule has 1 saturated heterocycles. The Hall–Kier alpha value is -2.22. The van der Waals surface area contributed by atoms with Gasteiger partial charge in [-0.2, -0.15) is 0 Å². The van der Waals surface area contributed by atoms with Gasteiger partial charge in [0, 0.05) is 44.1 Å². The van der Waals surface area contributed by atoms with Gasteiger partial charge >= 0.3 is 0 Å². The zero-order valence-electron chi connectivity index (χ0n) is 18.8. The SMILES string of the molecule is Cc1cc(C)nc(N2CCN(CCCCNC(=O)[C@@H]3[C@H]4CC[C@H](C4)[C@@H]3C(N)=O)CC2)n1. The predicted molar refractivity (Wildman–Crippen MR) is 119 cm³/mol. The number of nitrogens with zero attached hydrogens (tertiary/aromatic N) is 4. The van der Waals surface area contributed by atoms with E-state index < -0.39 is 0 Å². The van der Waals surface area contributed by atoms with Crippen molar-refractivity contribution in [2.45, 2.75) is 46.0 Å². The average Bonchev–Trinajstić information content (AvgIpc) is 3.35. The predicted octanol–water partition coefficient (Wildman–Crippen LogP) is 1.26. The van der Waals surface area contributed by atoms with Gasteiger partial charge in [0.2, 0.25) is 17.8 Å². The zero-order valence-corrected chi connectivity index (χ0v) is 18.8. The third-order valence-electron chi connectivity index (χ3n) is 7.37. The van der Waals surface area contributed by atoms with Gasteiger partial charge in [0.15, 0.2) is 0 Å². The topological polar surface area (TPSA) is 104 Å². The van der Waals surface area contributed by atoms with Crippen LogP contribution in [0, 0.1) is 37.5 Å². The van der Waals surface area contributed by atoms with Gasteiger partial charge in [-0.1, -0.05) is 0 Å². The second-order valence-electron chi connectivity index (χ2n) is 9.56. The molecule has 1 aromatic rings. The van der Waals surface area contributed by atoms with Crippen LogP contribution in [0.5, 0.6) is 0 Å². The molecule has 170 valence electrons. The number of carbonyl (C=O) groups is 2. The molecule has 8 nitrogen and oxygen atoms in total. The number of rotatable bonds is 8. The quantitative estimate of drug-likeness (QED) is 0.604. The van der Waals surface area contributed by atoms with Gasteiger partial charge in [-0.15, -0.1) is 0 Å². The van der Waals surface area contributed by atoms with E-state index >= 15 is 0 Å². The van der Waals surface area contributed by atoms with Crippen molar-refractivity contribution in [3.05, 3.63) is 17.5 Å². The number of aromatic nitrogens is 2. The number of carbonyl (C=O) groups excluding carboxylic acids is 2. The lowest BCUT2D eigenvalue weighted by molar-refractivity contribution is -0.135. The summed E-state index contributed by atoms with van der Waals surface area (Å²) in [4.78, 5) is 38.4. The maximum Gasteiger partial charge on any atom is 0.225 e. The van der Waals surface area contributed by atoms with E-state index in [1.807, 2.05) is 19.9 Å². The molecular formula is C23H36N6O2. The molecule has 0 unspecified atom stereocenters. The van der Waals surface area contributed by atoms with Gasteiger partial charge in [0.25, 0.3) is 0 Å². The van der Waals surface area contributed by atoms with E-state index in [9.17, 15) is 9.59 Å². The number of amides is 2. The highest BCUT2D eigenvalue weighted by Crippen LogP contribution is 2.52. The number of nitrogens with two attached hydrogens (primary N) is 1. The van der Waals surface area contributed by atoms with E-state index in [-0.39, 0.29) is 23.7 Å². The number of nitrogens with one attached hydrogen (secondary N) is 1. The van der Waals surface area contributed by atoms with Crippen LogP contribution in [0.1, 0.15) is 43.5 Å². The second-order valence-corrected chi connectivity index (χ2v) is 9.56. The molecule has 0 radical (unpaired) electrons. The molecule has 2 bridgehead atoms. The Morgan fingerprint density at radius 2 is 1.68 bits per heavy atom. The normalized spacial score (nSPS) is 28.1. The van der Waals surface area contributed by atoms with Gasteiger partial charge in [-0.25, -0.2) is 9.97 Å². The number of hydrogen-bond donors (Lipinski definition) is 2. The third-order valence-corrected chi connectivity index (χ3v) is 7.37. The van der Waals surface area contributed by atoms with Crippen LogP contribution in [0.25, 0.3) is 0 Å². The molecule has 2 heterocycles. The summed E-state index contributed by atoms with van der Waals surface area (Å²) in [7, 11) is 0. The zero-order chi connectivity index (χ0) is 22.0. The highest BCUT2D eigenvalue weighted by atomic mass is 16.2. The summed E-state index contributed by atoms with van der Waals surface area (Å²) >= 11 is 0. The van der Waals surface area contributed by atoms with Crippen LogP contribution in [0.2, 0.25) is 0 Å². The Kier molecular flexibility index (Phi) is 6.74. The minimum Gasteiger partial charge on any atom is -0.369 e. The average molecular weight is 429 g/mol. The first-order valence-electron chi connectivity index (χ1n) is 11.8. The summed E-state index contributed by atoms with van der Waals surface area (Å²) in [5.41, 5.74) is 7.62. The van der Waals surface area contributed by atoms with Crippen LogP contribution in [0.4, 0.5) is 5.95 Å². The maximum absolute atomic E-state index is 12.7. The summed E-state index contributed by atoms with van der Waals surface area (Å²) in [6.07, 6.45) is 5.10. The first kappa shape index (κ1) is 22.0. The highest BCUT2D eigenvalue weighted by Gasteiger charge is 2.53. The monoisotopic (exact) mass is 428 g/mol. The Bertz CT molecular complexity index is 787. The number of primary amides is 1. The van der Waals surface area contributed by atoms with Crippen LogP contribution < -0.4 is 16.0 Å². The summed E-state index contributed by atoms with van der Waals surface area (Å²) in [6.45, 7) is 9.64. The van der Waals surface area contributed by atoms with E-state index in [0.717, 1.165) is 82.2 Å². The lowest BCUT2D eigenvalue weighted by Gasteiger charge is -2.35. The van der Waals surface area contributed by atoms with Crippen molar-refractivity contribution >= 4 is 17.8 Å². The maximum atomic E-state index is 12.7. The van der Waals surface area contributed by atoms with Crippen molar-refractivity contribution in [2.24, 2.45) is 29.4 Å². The first-order chi connectivity index (χ1) is 14.9. The van der Waals surface area contributed by atoms with Crippen molar-refractivity contribution < 1.29 is 9.59 Å². The number of piperazine rings is 1. The molecule has 1 aliphatic heterocycles. The minimum absolute atomic E-state index is 0.0399. The Balaban J connectivity index is 1.14. The van der Waals surface area contributed by atoms with E-state index in [0.29, 0.717) is 18.4 Å². The molecule has 4 rings (SSSR count). The molecule has 3 fully saturated rings. The van der Waals surface area contributed by atoms with Crippen LogP contribution in [-0.4, -0.2) is 66.0 Å². The van der Waals surface area contributed by atoms with Gasteiger partial charge in [0.05, 0.1) is 11.8 Å². The van der Waals surface area contributed by atoms with Crippen LogP contribution >= 0.6 is 0 Å². The number of unbranched alkanes of at least 4 members (excludes halogenated alkanes) is 1. The summed E-state index contributed by atoms with van der Waals surface area (Å²) < 4.78 is 0. The largest absolute Gasteiger partial charge is 0.369 e. The molecule has 1 aromatic heterocycles. The van der Waals surface area contributed by atoms with Crippen molar-refractivity contribution in [1.29, 1.82) is 0 Å². The fourth-order valence-electron chi connectivity index (χ4n) is 5.89. The molecule has 2 amide bonds. The number of hydrogen-bond acceptors (Lipinski definition) is 6. The molecule has 3 N–H and O–H groups in total. The Labute approximate surface area is 185 Å². The molecule has 4 atom stereocenters. The fraction of sp³-hybridized carbons (Fsp3) is 0.739. The summed E-state index contributed by atoms with van der Waals surface area (Å²) in [6, 6.07) is 2.00. The van der Waals surface area contributed by atoms with Crippen molar-refractivity contribution in [1.82, 2.24) is 20.2 Å². The number of aryl methyl sites for hydroxylation is 2. The Morgan fingerprint density at radius 3 is 2.32 bits per heavy atom. The van der Waals surface area contributed by atoms with Crippen molar-refractivity contribution in [3.8, 4) is 0 Å². The van der Waals surface area contributed by atoms with E-state index in [1.165, 1.54) is 0 Å². The highest BCUT2D eigenvalue weighted by molar-refractivity contribution is 5.88. The van der Waals surface area contributed by atoms with Crippen molar-refractivity contribution in [2.75, 3.05) is 44.2 Å². The van der Waals surface area contributed by atoms with Crippen LogP contribution in [0.3, 0.4) is 0 Å². The van der Waals surface area contributed by atoms with Crippen molar-refractivity contribution in [3.63, 3.8) is 0 Å². The molecule has 0 aromatic carbocycles. The fourth-order valence-corrected chi connectivity index (χ4v) is 5.89. The Morgan fingerprint density at radius 1 is 1.03 bits per heavy atom. The molecular weight excluding hydrogens is 392 g/mol. The number of anilines is 1. The number of fused-ring (bicyclic) bond motifs is 2. The van der Waals surface area contributed by atoms with Gasteiger partial charge < -0.3 is 16.0 Å². The molecule has 8 heteroatoms. The second kappa shape index (κ2) is 9.51. The molecule has 3 aliphatic rings. The first-order valence-corrected chi connectivity index (χ1v) is 11.8. The molecule has 31 heavy (non-hydrogen) atoms. The molecule has 2 saturated carbocycles. The van der Waals surface area contributed by atoms with Crippen LogP contribution in [0.15, 0.2) is 6.07 Å². The smallest absolute Gasteiger partial charge is 0.225 e. The molecule has 0 spiro atoms. The van der Waals surface area contributed by atoms with Gasteiger partial charge in [-0.3, -0.25) is 14.5 Å². The van der Waals surface area contributed by atoms with E-state index in [4.69, 9.17) is 5.73 Å². The third kappa shape index (κ3) is 5.00. The minimum atomic E-state index is -0.294. The van der Waals surface area contributed by atoms with Crippen LogP contribution in [-0.2, 0) is 9.59 Å². The van der Waals surface area contributed by atoms with E-state index in [1.54, 1.807) is 0 Å². The van der Waals surface area contributed by atoms with Gasteiger partial charge in [-0.05, 0) is 70.4 Å². The lowest BCUT2D eigenvalue weighted by Crippen LogP contribution is -2.47. The van der Waals surface area contributed by atoms with Gasteiger partial charge in [0.1, 0.15) is 0 Å². The molecule has 2 aliphatic carbocycles.